The van der Waals surface area contributed by atoms with Gasteiger partial charge in [0.25, 0.3) is 5.91 Å². The van der Waals surface area contributed by atoms with Gasteiger partial charge in [-0.15, -0.1) is 0 Å². The molecule has 1 unspecified atom stereocenters. The number of halogens is 1. The van der Waals surface area contributed by atoms with Gasteiger partial charge in [-0.05, 0) is 30.3 Å². The van der Waals surface area contributed by atoms with Gasteiger partial charge in [-0.2, -0.15) is 5.10 Å². The summed E-state index contributed by atoms with van der Waals surface area (Å²) in [5.41, 5.74) is 4.11. The van der Waals surface area contributed by atoms with Gasteiger partial charge in [0.15, 0.2) is 0 Å². The maximum atomic E-state index is 12.5. The number of hydrogen-bond acceptors (Lipinski definition) is 5. The van der Waals surface area contributed by atoms with Crippen molar-refractivity contribution in [1.29, 1.82) is 0 Å². The van der Waals surface area contributed by atoms with Crippen LogP contribution in [0.3, 0.4) is 0 Å². The monoisotopic (exact) mass is 410 g/mol. The average molecular weight is 411 g/mol. The van der Waals surface area contributed by atoms with Gasteiger partial charge >= 0.3 is 0 Å². The number of H-pyrrole nitrogens is 1. The topological polar surface area (TPSA) is 88.6 Å². The number of oxime groups is 1. The van der Waals surface area contributed by atoms with E-state index >= 15 is 0 Å². The third-order valence-corrected chi connectivity index (χ3v) is 5.03. The predicted molar refractivity (Wildman–Crippen MR) is 110 cm³/mol. The van der Waals surface area contributed by atoms with E-state index < -0.39 is 6.10 Å². The molecule has 1 aromatic heterocycles. The number of nitrogens with one attached hydrogen (secondary N) is 2. The predicted octanol–water partition coefficient (Wildman–Crippen LogP) is 3.55. The summed E-state index contributed by atoms with van der Waals surface area (Å²) in [6.45, 7) is 0.317. The van der Waals surface area contributed by atoms with E-state index in [-0.39, 0.29) is 5.91 Å². The minimum atomic E-state index is -0.683. The van der Waals surface area contributed by atoms with Crippen LogP contribution < -0.4 is 10.1 Å². The van der Waals surface area contributed by atoms with E-state index in [1.165, 1.54) is 0 Å². The summed E-state index contributed by atoms with van der Waals surface area (Å²) in [7, 11) is 1.62. The van der Waals surface area contributed by atoms with Gasteiger partial charge in [0, 0.05) is 34.7 Å². The highest BCUT2D eigenvalue weighted by Gasteiger charge is 2.29. The number of rotatable bonds is 6. The highest BCUT2D eigenvalue weighted by molar-refractivity contribution is 6.34. The molecule has 0 saturated heterocycles. The van der Waals surface area contributed by atoms with E-state index in [2.05, 4.69) is 20.7 Å². The lowest BCUT2D eigenvalue weighted by molar-refractivity contribution is -0.131. The first kappa shape index (κ1) is 19.0. The van der Waals surface area contributed by atoms with E-state index in [1.54, 1.807) is 19.4 Å². The smallest absolute Gasteiger partial charge is 0.264 e. The van der Waals surface area contributed by atoms with Crippen molar-refractivity contribution in [2.45, 2.75) is 19.1 Å². The van der Waals surface area contributed by atoms with E-state index in [9.17, 15) is 4.79 Å². The van der Waals surface area contributed by atoms with Crippen LogP contribution in [0.25, 0.3) is 11.3 Å². The SMILES string of the molecule is COc1ccc(-c2[nH]ncc2CNC(=O)C2CC(c3ccccc3Cl)=NO2)cc1. The summed E-state index contributed by atoms with van der Waals surface area (Å²) in [6.07, 6.45) is 1.38. The molecule has 0 saturated carbocycles. The highest BCUT2D eigenvalue weighted by Crippen LogP contribution is 2.25. The number of aromatic nitrogens is 2. The van der Waals surface area contributed by atoms with Crippen LogP contribution in [0.5, 0.6) is 5.75 Å². The van der Waals surface area contributed by atoms with Crippen molar-refractivity contribution in [3.8, 4) is 17.0 Å². The number of aromatic amines is 1. The normalized spacial score (nSPS) is 15.5. The van der Waals surface area contributed by atoms with Crippen LogP contribution in [0.4, 0.5) is 0 Å². The molecule has 7 nitrogen and oxygen atoms in total. The van der Waals surface area contributed by atoms with Crippen LogP contribution >= 0.6 is 11.6 Å². The Kier molecular flexibility index (Phi) is 5.48. The van der Waals surface area contributed by atoms with Gasteiger partial charge in [-0.25, -0.2) is 0 Å². The fraction of sp³-hybridized carbons (Fsp3) is 0.190. The first-order valence-corrected chi connectivity index (χ1v) is 9.45. The molecule has 29 heavy (non-hydrogen) atoms. The summed E-state index contributed by atoms with van der Waals surface area (Å²) in [6, 6.07) is 15.0. The number of carbonyl (C=O) groups is 1. The summed E-state index contributed by atoms with van der Waals surface area (Å²) in [4.78, 5) is 17.9. The van der Waals surface area contributed by atoms with Gasteiger partial charge in [0.1, 0.15) is 5.75 Å². The molecule has 1 aliphatic heterocycles. The van der Waals surface area contributed by atoms with Crippen molar-refractivity contribution < 1.29 is 14.4 Å². The lowest BCUT2D eigenvalue weighted by Gasteiger charge is -2.10. The molecule has 0 aliphatic carbocycles. The summed E-state index contributed by atoms with van der Waals surface area (Å²) >= 11 is 6.20. The van der Waals surface area contributed by atoms with Crippen LogP contribution in [0.2, 0.25) is 5.02 Å². The highest BCUT2D eigenvalue weighted by atomic mass is 35.5. The van der Waals surface area contributed by atoms with Gasteiger partial charge in [0.2, 0.25) is 6.10 Å². The standard InChI is InChI=1S/C21H19ClN4O3/c1-28-15-8-6-13(7-9-15)20-14(12-24-25-20)11-23-21(27)19-10-18(26-29-19)16-4-2-3-5-17(16)22/h2-9,12,19H,10-11H2,1H3,(H,23,27)(H,24,25). The number of nitrogens with zero attached hydrogens (tertiary/aromatic N) is 2. The fourth-order valence-corrected chi connectivity index (χ4v) is 3.37. The first-order valence-electron chi connectivity index (χ1n) is 9.07. The van der Waals surface area contributed by atoms with Crippen LogP contribution in [-0.2, 0) is 16.2 Å². The lowest BCUT2D eigenvalue weighted by Crippen LogP contribution is -2.34. The van der Waals surface area contributed by atoms with Crippen molar-refractivity contribution >= 4 is 23.2 Å². The molecule has 0 fully saturated rings. The summed E-state index contributed by atoms with van der Waals surface area (Å²) in [5.74, 6) is 0.536. The molecular formula is C21H19ClN4O3. The second-order valence-electron chi connectivity index (χ2n) is 6.53. The molecule has 8 heteroatoms. The van der Waals surface area contributed by atoms with Crippen LogP contribution in [0, 0.1) is 0 Å². The third-order valence-electron chi connectivity index (χ3n) is 4.70. The van der Waals surface area contributed by atoms with Crippen molar-refractivity contribution in [1.82, 2.24) is 15.5 Å². The number of hydrogen-bond donors (Lipinski definition) is 2. The molecule has 0 bridgehead atoms. The molecular weight excluding hydrogens is 392 g/mol. The molecule has 3 aromatic rings. The number of amides is 1. The van der Waals surface area contributed by atoms with Crippen LogP contribution in [0.15, 0.2) is 59.9 Å². The Morgan fingerprint density at radius 1 is 1.28 bits per heavy atom. The molecule has 2 N–H and O–H groups in total. The van der Waals surface area contributed by atoms with Gasteiger partial charge in [-0.1, -0.05) is 35.0 Å². The number of ether oxygens (including phenoxy) is 1. The second kappa shape index (κ2) is 8.36. The molecule has 148 valence electrons. The molecule has 0 radical (unpaired) electrons. The van der Waals surface area contributed by atoms with E-state index in [0.29, 0.717) is 23.7 Å². The molecule has 4 rings (SSSR count). The third kappa shape index (κ3) is 4.09. The zero-order chi connectivity index (χ0) is 20.2. The van der Waals surface area contributed by atoms with Crippen LogP contribution in [0.1, 0.15) is 17.5 Å². The molecule has 1 aliphatic rings. The first-order chi connectivity index (χ1) is 14.2. The van der Waals surface area contributed by atoms with Gasteiger partial charge < -0.3 is 14.9 Å². The lowest BCUT2D eigenvalue weighted by atomic mass is 10.0. The Balaban J connectivity index is 1.38. The van der Waals surface area contributed by atoms with Gasteiger partial charge in [0.05, 0.1) is 24.7 Å². The Morgan fingerprint density at radius 2 is 2.07 bits per heavy atom. The van der Waals surface area contributed by atoms with E-state index in [1.807, 2.05) is 42.5 Å². The Bertz CT molecular complexity index is 1050. The number of benzene rings is 2. The molecule has 0 spiro atoms. The van der Waals surface area contributed by atoms with E-state index in [0.717, 1.165) is 28.1 Å². The Hall–Kier alpha value is -3.32. The molecule has 1 amide bonds. The van der Waals surface area contributed by atoms with Crippen LogP contribution in [-0.4, -0.2) is 35.0 Å². The second-order valence-corrected chi connectivity index (χ2v) is 6.94. The van der Waals surface area contributed by atoms with Crippen molar-refractivity contribution in [3.63, 3.8) is 0 Å². The maximum Gasteiger partial charge on any atom is 0.264 e. The Labute approximate surface area is 172 Å². The average Bonchev–Trinajstić information content (AvgIpc) is 3.42. The summed E-state index contributed by atoms with van der Waals surface area (Å²) in [5, 5.41) is 14.6. The number of methoxy groups -OCH3 is 1. The fourth-order valence-electron chi connectivity index (χ4n) is 3.12. The number of carbonyl (C=O) groups excluding carboxylic acids is 1. The van der Waals surface area contributed by atoms with Crippen molar-refractivity contribution in [2.75, 3.05) is 7.11 Å². The molecule has 2 heterocycles. The van der Waals surface area contributed by atoms with E-state index in [4.69, 9.17) is 21.2 Å². The quantitative estimate of drug-likeness (QED) is 0.650. The maximum absolute atomic E-state index is 12.5. The molecule has 2 aromatic carbocycles. The molecule has 1 atom stereocenters. The minimum absolute atomic E-state index is 0.238. The van der Waals surface area contributed by atoms with Crippen molar-refractivity contribution in [2.24, 2.45) is 5.16 Å². The zero-order valence-electron chi connectivity index (χ0n) is 15.7. The largest absolute Gasteiger partial charge is 0.497 e. The summed E-state index contributed by atoms with van der Waals surface area (Å²) < 4.78 is 5.18. The zero-order valence-corrected chi connectivity index (χ0v) is 16.4. The van der Waals surface area contributed by atoms with Gasteiger partial charge in [-0.3, -0.25) is 9.89 Å². The van der Waals surface area contributed by atoms with Crippen molar-refractivity contribution in [3.05, 3.63) is 70.9 Å². The minimum Gasteiger partial charge on any atom is -0.497 e. The Morgan fingerprint density at radius 3 is 2.83 bits per heavy atom.